The van der Waals surface area contributed by atoms with Crippen molar-refractivity contribution in [2.45, 2.75) is 13.0 Å². The predicted molar refractivity (Wildman–Crippen MR) is 136 cm³/mol. The van der Waals surface area contributed by atoms with E-state index in [0.29, 0.717) is 35.4 Å². The van der Waals surface area contributed by atoms with Gasteiger partial charge in [0.2, 0.25) is 0 Å². The van der Waals surface area contributed by atoms with Gasteiger partial charge in [0.25, 0.3) is 5.91 Å². The summed E-state index contributed by atoms with van der Waals surface area (Å²) >= 11 is 12.0. The lowest BCUT2D eigenvalue weighted by Gasteiger charge is -2.08. The van der Waals surface area contributed by atoms with Gasteiger partial charge in [-0.05, 0) is 59.5 Å². The van der Waals surface area contributed by atoms with Crippen LogP contribution in [0.4, 0.5) is 0 Å². The zero-order chi connectivity index (χ0) is 23.9. The van der Waals surface area contributed by atoms with Crippen LogP contribution in [0, 0.1) is 11.3 Å². The minimum Gasteiger partial charge on any atom is -0.489 e. The van der Waals surface area contributed by atoms with E-state index in [1.807, 2.05) is 42.6 Å². The third kappa shape index (κ3) is 5.79. The van der Waals surface area contributed by atoms with E-state index in [-0.39, 0.29) is 5.57 Å². The fourth-order valence-electron chi connectivity index (χ4n) is 3.52. The Bertz CT molecular complexity index is 1390. The lowest BCUT2D eigenvalue weighted by Crippen LogP contribution is -2.26. The molecule has 1 amide bonds. The lowest BCUT2D eigenvalue weighted by molar-refractivity contribution is -0.117. The number of carbonyl (C=O) groups excluding carboxylic acids is 1. The molecule has 0 spiro atoms. The quantitative estimate of drug-likeness (QED) is 0.224. The van der Waals surface area contributed by atoms with Crippen LogP contribution in [0.1, 0.15) is 16.7 Å². The molecule has 1 aromatic heterocycles. The maximum Gasteiger partial charge on any atom is 0.261 e. The van der Waals surface area contributed by atoms with Crippen molar-refractivity contribution >= 4 is 46.1 Å². The number of hydrogen-bond donors (Lipinski definition) is 2. The summed E-state index contributed by atoms with van der Waals surface area (Å²) in [6.07, 6.45) is 4.17. The Labute approximate surface area is 207 Å². The van der Waals surface area contributed by atoms with Crippen molar-refractivity contribution in [3.05, 3.63) is 105 Å². The molecule has 4 aromatic rings. The van der Waals surface area contributed by atoms with Crippen LogP contribution in [0.3, 0.4) is 0 Å². The summed E-state index contributed by atoms with van der Waals surface area (Å²) in [4.78, 5) is 15.7. The molecule has 0 saturated carbocycles. The van der Waals surface area contributed by atoms with E-state index in [9.17, 15) is 10.1 Å². The van der Waals surface area contributed by atoms with Crippen LogP contribution < -0.4 is 10.1 Å². The van der Waals surface area contributed by atoms with E-state index in [1.165, 1.54) is 0 Å². The highest BCUT2D eigenvalue weighted by Gasteiger charge is 2.10. The van der Waals surface area contributed by atoms with Gasteiger partial charge in [-0.1, -0.05) is 59.6 Å². The van der Waals surface area contributed by atoms with Crippen LogP contribution in [0.2, 0.25) is 10.0 Å². The number of aromatic amines is 1. The van der Waals surface area contributed by atoms with Crippen LogP contribution in [0.15, 0.2) is 78.5 Å². The smallest absolute Gasteiger partial charge is 0.261 e. The summed E-state index contributed by atoms with van der Waals surface area (Å²) < 4.78 is 5.77. The molecular weight excluding hydrogens is 469 g/mol. The number of benzene rings is 3. The summed E-state index contributed by atoms with van der Waals surface area (Å²) in [5.74, 6) is 0.257. The van der Waals surface area contributed by atoms with Gasteiger partial charge in [0.1, 0.15) is 24.0 Å². The van der Waals surface area contributed by atoms with Gasteiger partial charge in [0.15, 0.2) is 0 Å². The van der Waals surface area contributed by atoms with Gasteiger partial charge in [0.05, 0.1) is 10.0 Å². The summed E-state index contributed by atoms with van der Waals surface area (Å²) in [6.45, 7) is 0.773. The number of hydrogen-bond acceptors (Lipinski definition) is 3. The normalized spacial score (nSPS) is 11.3. The zero-order valence-corrected chi connectivity index (χ0v) is 19.7. The number of amides is 1. The highest BCUT2D eigenvalue weighted by molar-refractivity contribution is 6.42. The first-order chi connectivity index (χ1) is 16.5. The molecule has 0 aliphatic heterocycles. The van der Waals surface area contributed by atoms with E-state index in [1.54, 1.807) is 42.5 Å². The zero-order valence-electron chi connectivity index (χ0n) is 18.1. The number of nitrogens with zero attached hydrogens (tertiary/aromatic N) is 1. The first kappa shape index (κ1) is 23.4. The number of halogens is 2. The fourth-order valence-corrected chi connectivity index (χ4v) is 3.84. The molecule has 0 bridgehead atoms. The number of nitriles is 1. The number of rotatable bonds is 8. The van der Waals surface area contributed by atoms with E-state index in [4.69, 9.17) is 27.9 Å². The summed E-state index contributed by atoms with van der Waals surface area (Å²) in [6, 6.07) is 22.5. The Kier molecular flexibility index (Phi) is 7.54. The van der Waals surface area contributed by atoms with Crippen molar-refractivity contribution in [2.24, 2.45) is 0 Å². The van der Waals surface area contributed by atoms with Gasteiger partial charge in [-0.3, -0.25) is 4.79 Å². The number of carbonyl (C=O) groups is 1. The van der Waals surface area contributed by atoms with Gasteiger partial charge in [0, 0.05) is 23.6 Å². The van der Waals surface area contributed by atoms with E-state index < -0.39 is 5.91 Å². The molecule has 170 valence electrons. The van der Waals surface area contributed by atoms with Crippen molar-refractivity contribution in [3.8, 4) is 11.8 Å². The number of para-hydroxylation sites is 1. The molecule has 0 saturated heterocycles. The third-order valence-corrected chi connectivity index (χ3v) is 6.04. The predicted octanol–water partition coefficient (Wildman–Crippen LogP) is 6.32. The molecule has 0 radical (unpaired) electrons. The molecule has 3 aromatic carbocycles. The van der Waals surface area contributed by atoms with Crippen molar-refractivity contribution < 1.29 is 9.53 Å². The van der Waals surface area contributed by atoms with Crippen LogP contribution in [0.5, 0.6) is 5.75 Å². The lowest BCUT2D eigenvalue weighted by atomic mass is 10.1. The SMILES string of the molecule is N#C/C(=C/c1ccc(OCc2ccc(Cl)c(Cl)c2)cc1)C(=O)NCCc1c[nH]c2ccccc12. The van der Waals surface area contributed by atoms with Crippen molar-refractivity contribution in [1.29, 1.82) is 5.26 Å². The van der Waals surface area contributed by atoms with Crippen molar-refractivity contribution in [2.75, 3.05) is 6.54 Å². The van der Waals surface area contributed by atoms with Crippen LogP contribution in [-0.4, -0.2) is 17.4 Å². The molecule has 5 nitrogen and oxygen atoms in total. The van der Waals surface area contributed by atoms with Crippen LogP contribution in [-0.2, 0) is 17.8 Å². The highest BCUT2D eigenvalue weighted by atomic mass is 35.5. The minimum absolute atomic E-state index is 0.0448. The van der Waals surface area contributed by atoms with Crippen LogP contribution >= 0.6 is 23.2 Å². The minimum atomic E-state index is -0.401. The molecule has 0 fully saturated rings. The molecule has 2 N–H and O–H groups in total. The Morgan fingerprint density at radius 1 is 1.06 bits per heavy atom. The molecule has 7 heteroatoms. The van der Waals surface area contributed by atoms with Gasteiger partial charge in [-0.2, -0.15) is 5.26 Å². The van der Waals surface area contributed by atoms with Crippen molar-refractivity contribution in [1.82, 2.24) is 10.3 Å². The third-order valence-electron chi connectivity index (χ3n) is 5.30. The summed E-state index contributed by atoms with van der Waals surface area (Å²) in [5, 5.41) is 14.4. The number of ether oxygens (including phenoxy) is 1. The average molecular weight is 490 g/mol. The van der Waals surface area contributed by atoms with Gasteiger partial charge in [-0.25, -0.2) is 0 Å². The fraction of sp³-hybridized carbons (Fsp3) is 0.111. The van der Waals surface area contributed by atoms with E-state index in [2.05, 4.69) is 10.3 Å². The Hall–Kier alpha value is -3.72. The monoisotopic (exact) mass is 489 g/mol. The topological polar surface area (TPSA) is 77.9 Å². The maximum absolute atomic E-state index is 12.5. The average Bonchev–Trinajstić information content (AvgIpc) is 3.27. The second-order valence-electron chi connectivity index (χ2n) is 7.64. The number of fused-ring (bicyclic) bond motifs is 1. The second kappa shape index (κ2) is 10.9. The number of nitrogens with one attached hydrogen (secondary N) is 2. The molecule has 1 heterocycles. The van der Waals surface area contributed by atoms with Gasteiger partial charge >= 0.3 is 0 Å². The number of aromatic nitrogens is 1. The molecule has 0 aliphatic carbocycles. The van der Waals surface area contributed by atoms with Crippen molar-refractivity contribution in [3.63, 3.8) is 0 Å². The maximum atomic E-state index is 12.5. The first-order valence-corrected chi connectivity index (χ1v) is 11.4. The Morgan fingerprint density at radius 2 is 1.85 bits per heavy atom. The standard InChI is InChI=1S/C27H21Cl2N3O2/c28-24-10-7-19(14-25(24)29)17-34-22-8-5-18(6-9-22)13-21(15-30)27(33)31-12-11-20-16-32-26-4-2-1-3-23(20)26/h1-10,13-14,16,32H,11-12,17H2,(H,31,33)/b21-13-. The second-order valence-corrected chi connectivity index (χ2v) is 8.46. The molecular formula is C27H21Cl2N3O2. The molecule has 34 heavy (non-hydrogen) atoms. The van der Waals surface area contributed by atoms with E-state index >= 15 is 0 Å². The van der Waals surface area contributed by atoms with E-state index in [0.717, 1.165) is 27.6 Å². The van der Waals surface area contributed by atoms with Gasteiger partial charge < -0.3 is 15.0 Å². The Morgan fingerprint density at radius 3 is 2.62 bits per heavy atom. The molecule has 4 rings (SSSR count). The Balaban J connectivity index is 1.32. The highest BCUT2D eigenvalue weighted by Crippen LogP contribution is 2.24. The number of H-pyrrole nitrogens is 1. The first-order valence-electron chi connectivity index (χ1n) is 10.7. The summed E-state index contributed by atoms with van der Waals surface area (Å²) in [5.41, 5.74) is 3.85. The molecule has 0 aliphatic rings. The molecule has 0 atom stereocenters. The van der Waals surface area contributed by atoms with Crippen LogP contribution in [0.25, 0.3) is 17.0 Å². The summed E-state index contributed by atoms with van der Waals surface area (Å²) in [7, 11) is 0. The van der Waals surface area contributed by atoms with Gasteiger partial charge in [-0.15, -0.1) is 0 Å². The molecule has 0 unspecified atom stereocenters. The largest absolute Gasteiger partial charge is 0.489 e.